The maximum absolute atomic E-state index is 5.71. The predicted molar refractivity (Wildman–Crippen MR) is 76.2 cm³/mol. The van der Waals surface area contributed by atoms with E-state index in [2.05, 4.69) is 26.1 Å². The highest BCUT2D eigenvalue weighted by atomic mass is 79.9. The van der Waals surface area contributed by atoms with Crippen LogP contribution in [-0.2, 0) is 6.61 Å². The number of aryl methyl sites for hydroxylation is 1. The van der Waals surface area contributed by atoms with Crippen LogP contribution in [0, 0.1) is 6.92 Å². The van der Waals surface area contributed by atoms with E-state index in [0.29, 0.717) is 6.61 Å². The molecule has 0 radical (unpaired) electrons. The van der Waals surface area contributed by atoms with Crippen LogP contribution in [-0.4, -0.2) is 14.6 Å². The Balaban J connectivity index is 1.81. The minimum atomic E-state index is 0.390. The Morgan fingerprint density at radius 3 is 2.68 bits per heavy atom. The Bertz CT molecular complexity index is 706. The number of hydrogen-bond donors (Lipinski definition) is 0. The van der Waals surface area contributed by atoms with Gasteiger partial charge in [0.25, 0.3) is 0 Å². The summed E-state index contributed by atoms with van der Waals surface area (Å²) in [7, 11) is 0. The van der Waals surface area contributed by atoms with E-state index in [1.54, 1.807) is 0 Å². The second-order valence-electron chi connectivity index (χ2n) is 4.29. The highest BCUT2D eigenvalue weighted by Crippen LogP contribution is 2.15. The molecule has 0 aliphatic carbocycles. The molecule has 0 aliphatic rings. The van der Waals surface area contributed by atoms with Gasteiger partial charge < -0.3 is 4.74 Å². The van der Waals surface area contributed by atoms with Crippen LogP contribution in [0.4, 0.5) is 0 Å². The first-order chi connectivity index (χ1) is 9.22. The van der Waals surface area contributed by atoms with Crippen LogP contribution in [0.5, 0.6) is 5.75 Å². The van der Waals surface area contributed by atoms with E-state index in [0.717, 1.165) is 21.7 Å². The van der Waals surface area contributed by atoms with Crippen LogP contribution in [0.2, 0.25) is 0 Å². The smallest absolute Gasteiger partial charge is 0.175 e. The lowest BCUT2D eigenvalue weighted by atomic mass is 10.2. The summed E-state index contributed by atoms with van der Waals surface area (Å²) in [6.07, 6.45) is 1.93. The van der Waals surface area contributed by atoms with Crippen molar-refractivity contribution in [2.45, 2.75) is 13.5 Å². The van der Waals surface area contributed by atoms with Gasteiger partial charge in [0, 0.05) is 10.7 Å². The molecule has 0 aliphatic heterocycles. The molecule has 0 fully saturated rings. The van der Waals surface area contributed by atoms with Crippen molar-refractivity contribution < 1.29 is 4.74 Å². The van der Waals surface area contributed by atoms with Crippen LogP contribution >= 0.6 is 15.9 Å². The van der Waals surface area contributed by atoms with Crippen molar-refractivity contribution in [2.24, 2.45) is 0 Å². The van der Waals surface area contributed by atoms with Gasteiger partial charge in [-0.2, -0.15) is 0 Å². The first-order valence-corrected chi connectivity index (χ1v) is 6.70. The lowest BCUT2D eigenvalue weighted by Gasteiger charge is -2.05. The maximum atomic E-state index is 5.71. The summed E-state index contributed by atoms with van der Waals surface area (Å²) >= 11 is 3.44. The Morgan fingerprint density at radius 1 is 1.11 bits per heavy atom. The second kappa shape index (κ2) is 5.01. The summed E-state index contributed by atoms with van der Waals surface area (Å²) in [5.41, 5.74) is 2.02. The molecule has 3 rings (SSSR count). The molecule has 0 spiro atoms. The average molecular weight is 318 g/mol. The Kier molecular flexibility index (Phi) is 3.21. The molecule has 96 valence electrons. The second-order valence-corrected chi connectivity index (χ2v) is 5.21. The number of nitrogens with zero attached hydrogens (tertiary/aromatic N) is 3. The van der Waals surface area contributed by atoms with E-state index in [1.807, 2.05) is 53.9 Å². The molecule has 1 aromatic carbocycles. The van der Waals surface area contributed by atoms with E-state index < -0.39 is 0 Å². The molecule has 0 saturated heterocycles. The minimum Gasteiger partial charge on any atom is -0.486 e. The van der Waals surface area contributed by atoms with Gasteiger partial charge >= 0.3 is 0 Å². The predicted octanol–water partition coefficient (Wildman–Crippen LogP) is 3.38. The third-order valence-electron chi connectivity index (χ3n) is 2.83. The number of hydrogen-bond acceptors (Lipinski definition) is 3. The number of rotatable bonds is 3. The highest BCUT2D eigenvalue weighted by molar-refractivity contribution is 9.10. The van der Waals surface area contributed by atoms with Gasteiger partial charge in [0.15, 0.2) is 11.5 Å². The fraction of sp³-hybridized carbons (Fsp3) is 0.143. The average Bonchev–Trinajstić information content (AvgIpc) is 2.80. The van der Waals surface area contributed by atoms with Gasteiger partial charge in [-0.15, -0.1) is 10.2 Å². The fourth-order valence-corrected chi connectivity index (χ4v) is 2.13. The van der Waals surface area contributed by atoms with Gasteiger partial charge in [-0.05, 0) is 47.1 Å². The van der Waals surface area contributed by atoms with E-state index >= 15 is 0 Å². The lowest BCUT2D eigenvalue weighted by molar-refractivity contribution is 0.294. The normalized spacial score (nSPS) is 10.8. The number of ether oxygens (including phenoxy) is 1. The zero-order chi connectivity index (χ0) is 13.2. The largest absolute Gasteiger partial charge is 0.486 e. The van der Waals surface area contributed by atoms with Gasteiger partial charge in [-0.1, -0.05) is 17.7 Å². The minimum absolute atomic E-state index is 0.390. The van der Waals surface area contributed by atoms with Gasteiger partial charge in [0.1, 0.15) is 12.4 Å². The van der Waals surface area contributed by atoms with E-state index in [4.69, 9.17) is 4.74 Å². The fourth-order valence-electron chi connectivity index (χ4n) is 1.79. The zero-order valence-corrected chi connectivity index (χ0v) is 12.0. The third-order valence-corrected chi connectivity index (χ3v) is 3.29. The van der Waals surface area contributed by atoms with Crippen molar-refractivity contribution in [3.8, 4) is 5.75 Å². The third kappa shape index (κ3) is 2.61. The molecule has 0 bridgehead atoms. The topological polar surface area (TPSA) is 39.4 Å². The van der Waals surface area contributed by atoms with Crippen molar-refractivity contribution in [3.05, 3.63) is 58.5 Å². The summed E-state index contributed by atoms with van der Waals surface area (Å²) in [4.78, 5) is 0. The zero-order valence-electron chi connectivity index (χ0n) is 10.4. The van der Waals surface area contributed by atoms with E-state index in [-0.39, 0.29) is 0 Å². The van der Waals surface area contributed by atoms with Crippen LogP contribution in [0.3, 0.4) is 0 Å². The molecule has 4 nitrogen and oxygen atoms in total. The van der Waals surface area contributed by atoms with Crippen molar-refractivity contribution >= 4 is 21.6 Å². The van der Waals surface area contributed by atoms with Crippen LogP contribution in [0.15, 0.2) is 47.1 Å². The number of aromatic nitrogens is 3. The molecule has 0 amide bonds. The Morgan fingerprint density at radius 2 is 1.89 bits per heavy atom. The van der Waals surface area contributed by atoms with Crippen LogP contribution < -0.4 is 4.74 Å². The molecule has 2 aromatic heterocycles. The summed E-state index contributed by atoms with van der Waals surface area (Å²) in [5, 5.41) is 8.23. The summed E-state index contributed by atoms with van der Waals surface area (Å²) in [6.45, 7) is 2.44. The monoisotopic (exact) mass is 317 g/mol. The van der Waals surface area contributed by atoms with Gasteiger partial charge in [0.2, 0.25) is 0 Å². The van der Waals surface area contributed by atoms with Crippen molar-refractivity contribution in [1.29, 1.82) is 0 Å². The molecule has 0 unspecified atom stereocenters. The SMILES string of the molecule is Cc1ccc(OCc2nnc3ccc(Br)cn23)cc1. The Hall–Kier alpha value is -1.88. The van der Waals surface area contributed by atoms with Gasteiger partial charge in [0.05, 0.1) is 0 Å². The Labute approximate surface area is 119 Å². The number of fused-ring (bicyclic) bond motifs is 1. The molecule has 0 N–H and O–H groups in total. The van der Waals surface area contributed by atoms with Gasteiger partial charge in [-0.25, -0.2) is 0 Å². The van der Waals surface area contributed by atoms with E-state index in [9.17, 15) is 0 Å². The number of pyridine rings is 1. The highest BCUT2D eigenvalue weighted by Gasteiger charge is 2.06. The standard InChI is InChI=1S/C14H12BrN3O/c1-10-2-5-12(6-3-10)19-9-14-17-16-13-7-4-11(15)8-18(13)14/h2-8H,9H2,1H3. The number of benzene rings is 1. The number of halogens is 1. The summed E-state index contributed by atoms with van der Waals surface area (Å²) in [5.74, 6) is 1.61. The van der Waals surface area contributed by atoms with Crippen LogP contribution in [0.1, 0.15) is 11.4 Å². The molecular formula is C14H12BrN3O. The summed E-state index contributed by atoms with van der Waals surface area (Å²) < 4.78 is 8.61. The van der Waals surface area contributed by atoms with Gasteiger partial charge in [-0.3, -0.25) is 4.40 Å². The first kappa shape index (κ1) is 12.2. The molecule has 3 aromatic rings. The molecule has 19 heavy (non-hydrogen) atoms. The van der Waals surface area contributed by atoms with E-state index in [1.165, 1.54) is 5.56 Å². The lowest BCUT2D eigenvalue weighted by Crippen LogP contribution is -2.01. The molecule has 0 saturated carbocycles. The molecule has 5 heteroatoms. The van der Waals surface area contributed by atoms with Crippen molar-refractivity contribution in [1.82, 2.24) is 14.6 Å². The van der Waals surface area contributed by atoms with Crippen molar-refractivity contribution in [3.63, 3.8) is 0 Å². The maximum Gasteiger partial charge on any atom is 0.175 e. The molecule has 2 heterocycles. The van der Waals surface area contributed by atoms with Crippen LogP contribution in [0.25, 0.3) is 5.65 Å². The molecule has 0 atom stereocenters. The summed E-state index contributed by atoms with van der Waals surface area (Å²) in [6, 6.07) is 11.8. The van der Waals surface area contributed by atoms with Crippen molar-refractivity contribution in [2.75, 3.05) is 0 Å². The first-order valence-electron chi connectivity index (χ1n) is 5.91. The molecular weight excluding hydrogens is 306 g/mol. The quantitative estimate of drug-likeness (QED) is 0.743.